The summed E-state index contributed by atoms with van der Waals surface area (Å²) in [5.41, 5.74) is 1.04. The molecular formula is C12H14O2. The van der Waals surface area contributed by atoms with E-state index in [0.717, 1.165) is 18.4 Å². The number of Topliss-reactive ketones (excluding diaryl/α,β-unsaturated/α-hetero) is 1. The molecule has 2 nitrogen and oxygen atoms in total. The molecule has 1 aromatic carbocycles. The molecule has 0 radical (unpaired) electrons. The van der Waals surface area contributed by atoms with Crippen molar-refractivity contribution in [1.82, 2.24) is 0 Å². The van der Waals surface area contributed by atoms with Crippen LogP contribution in [-0.2, 0) is 4.79 Å². The second-order valence-corrected chi connectivity index (χ2v) is 3.81. The van der Waals surface area contributed by atoms with Gasteiger partial charge < -0.3 is 5.11 Å². The van der Waals surface area contributed by atoms with E-state index < -0.39 is 6.10 Å². The molecule has 0 amide bonds. The minimum Gasteiger partial charge on any atom is -0.385 e. The zero-order chi connectivity index (χ0) is 9.97. The Balaban J connectivity index is 2.22. The lowest BCUT2D eigenvalue weighted by Crippen LogP contribution is -2.30. The summed E-state index contributed by atoms with van der Waals surface area (Å²) in [5, 5.41) is 9.46. The summed E-state index contributed by atoms with van der Waals surface area (Å²) >= 11 is 0. The number of rotatable bonds is 1. The summed E-state index contributed by atoms with van der Waals surface area (Å²) < 4.78 is 0. The van der Waals surface area contributed by atoms with Crippen LogP contribution < -0.4 is 0 Å². The molecule has 74 valence electrons. The Labute approximate surface area is 83.6 Å². The number of hydrogen-bond donors (Lipinski definition) is 1. The normalized spacial score (nSPS) is 27.6. The number of carbonyl (C=O) groups excluding carboxylic acids is 1. The van der Waals surface area contributed by atoms with E-state index in [0.29, 0.717) is 6.42 Å². The number of aliphatic hydroxyl groups excluding tert-OH is 1. The van der Waals surface area contributed by atoms with Gasteiger partial charge in [0.2, 0.25) is 0 Å². The SMILES string of the molecule is O=C1C(c2ccccc2)CCC[C@H]1O. The van der Waals surface area contributed by atoms with Crippen LogP contribution in [0.4, 0.5) is 0 Å². The second-order valence-electron chi connectivity index (χ2n) is 3.81. The lowest BCUT2D eigenvalue weighted by molar-refractivity contribution is -0.131. The number of benzene rings is 1. The highest BCUT2D eigenvalue weighted by Crippen LogP contribution is 2.29. The monoisotopic (exact) mass is 190 g/mol. The van der Waals surface area contributed by atoms with E-state index in [1.807, 2.05) is 30.3 Å². The van der Waals surface area contributed by atoms with Crippen LogP contribution >= 0.6 is 0 Å². The molecule has 1 aromatic rings. The van der Waals surface area contributed by atoms with Crippen molar-refractivity contribution in [2.75, 3.05) is 0 Å². The molecule has 1 aliphatic rings. The Bertz CT molecular complexity index is 318. The maximum absolute atomic E-state index is 11.7. The third-order valence-electron chi connectivity index (χ3n) is 2.84. The van der Waals surface area contributed by atoms with Gasteiger partial charge in [-0.15, -0.1) is 0 Å². The molecular weight excluding hydrogens is 176 g/mol. The topological polar surface area (TPSA) is 37.3 Å². The van der Waals surface area contributed by atoms with E-state index >= 15 is 0 Å². The minimum atomic E-state index is -0.742. The smallest absolute Gasteiger partial charge is 0.168 e. The van der Waals surface area contributed by atoms with Crippen molar-refractivity contribution < 1.29 is 9.90 Å². The first-order valence-corrected chi connectivity index (χ1v) is 5.06. The van der Waals surface area contributed by atoms with Crippen LogP contribution in [0.15, 0.2) is 30.3 Å². The zero-order valence-electron chi connectivity index (χ0n) is 8.02. The Morgan fingerprint density at radius 2 is 1.86 bits per heavy atom. The lowest BCUT2D eigenvalue weighted by Gasteiger charge is -2.24. The van der Waals surface area contributed by atoms with E-state index in [1.165, 1.54) is 0 Å². The van der Waals surface area contributed by atoms with Crippen molar-refractivity contribution in [1.29, 1.82) is 0 Å². The Morgan fingerprint density at radius 3 is 2.57 bits per heavy atom. The predicted octanol–water partition coefficient (Wildman–Crippen LogP) is 1.88. The fourth-order valence-corrected chi connectivity index (χ4v) is 2.05. The maximum atomic E-state index is 11.7. The van der Waals surface area contributed by atoms with E-state index in [4.69, 9.17) is 0 Å². The summed E-state index contributed by atoms with van der Waals surface area (Å²) in [6, 6.07) is 9.72. The van der Waals surface area contributed by atoms with Crippen LogP contribution in [0.5, 0.6) is 0 Å². The largest absolute Gasteiger partial charge is 0.385 e. The Hall–Kier alpha value is -1.15. The van der Waals surface area contributed by atoms with E-state index in [-0.39, 0.29) is 11.7 Å². The lowest BCUT2D eigenvalue weighted by atomic mass is 9.81. The van der Waals surface area contributed by atoms with Gasteiger partial charge in [0.25, 0.3) is 0 Å². The van der Waals surface area contributed by atoms with Gasteiger partial charge in [0, 0.05) is 5.92 Å². The molecule has 0 heterocycles. The van der Waals surface area contributed by atoms with Gasteiger partial charge >= 0.3 is 0 Å². The average molecular weight is 190 g/mol. The van der Waals surface area contributed by atoms with Crippen molar-refractivity contribution in [3.8, 4) is 0 Å². The first kappa shape index (κ1) is 9.41. The van der Waals surface area contributed by atoms with Crippen LogP contribution in [-0.4, -0.2) is 17.0 Å². The summed E-state index contributed by atoms with van der Waals surface area (Å²) in [5.74, 6) is -0.0950. The van der Waals surface area contributed by atoms with Gasteiger partial charge in [-0.1, -0.05) is 30.3 Å². The van der Waals surface area contributed by atoms with Gasteiger partial charge in [-0.25, -0.2) is 0 Å². The van der Waals surface area contributed by atoms with Crippen LogP contribution in [0, 0.1) is 0 Å². The Morgan fingerprint density at radius 1 is 1.14 bits per heavy atom. The molecule has 1 aliphatic carbocycles. The molecule has 2 heteroatoms. The summed E-state index contributed by atoms with van der Waals surface area (Å²) in [6.07, 6.45) is 1.70. The highest BCUT2D eigenvalue weighted by atomic mass is 16.3. The fraction of sp³-hybridized carbons (Fsp3) is 0.417. The molecule has 0 spiro atoms. The molecule has 0 bridgehead atoms. The molecule has 2 rings (SSSR count). The third-order valence-corrected chi connectivity index (χ3v) is 2.84. The van der Waals surface area contributed by atoms with Crippen molar-refractivity contribution >= 4 is 5.78 Å². The molecule has 1 unspecified atom stereocenters. The molecule has 0 aromatic heterocycles. The minimum absolute atomic E-state index is 0.0116. The standard InChI is InChI=1S/C12H14O2/c13-11-8-4-7-10(12(11)14)9-5-2-1-3-6-9/h1-3,5-6,10-11,13H,4,7-8H2/t10?,11-/m1/s1. The van der Waals surface area contributed by atoms with Gasteiger partial charge in [-0.3, -0.25) is 4.79 Å². The average Bonchev–Trinajstić information content (AvgIpc) is 2.23. The second kappa shape index (κ2) is 3.93. The summed E-state index contributed by atoms with van der Waals surface area (Å²) in [7, 11) is 0. The molecule has 1 fully saturated rings. The molecule has 0 saturated heterocycles. The molecule has 2 atom stereocenters. The van der Waals surface area contributed by atoms with Gasteiger partial charge in [-0.2, -0.15) is 0 Å². The van der Waals surface area contributed by atoms with Crippen molar-refractivity contribution in [3.63, 3.8) is 0 Å². The van der Waals surface area contributed by atoms with Crippen LogP contribution in [0.25, 0.3) is 0 Å². The number of ketones is 1. The fourth-order valence-electron chi connectivity index (χ4n) is 2.05. The molecule has 1 N–H and O–H groups in total. The first-order chi connectivity index (χ1) is 6.79. The van der Waals surface area contributed by atoms with Gasteiger partial charge in [-0.05, 0) is 24.8 Å². The van der Waals surface area contributed by atoms with Gasteiger partial charge in [0.05, 0.1) is 0 Å². The zero-order valence-corrected chi connectivity index (χ0v) is 8.02. The Kier molecular flexibility index (Phi) is 2.64. The number of carbonyl (C=O) groups is 1. The third kappa shape index (κ3) is 1.70. The van der Waals surface area contributed by atoms with Crippen molar-refractivity contribution in [2.45, 2.75) is 31.3 Å². The van der Waals surface area contributed by atoms with Gasteiger partial charge in [0.1, 0.15) is 6.10 Å². The molecule has 1 saturated carbocycles. The van der Waals surface area contributed by atoms with Crippen LogP contribution in [0.2, 0.25) is 0 Å². The van der Waals surface area contributed by atoms with E-state index in [9.17, 15) is 9.90 Å². The quantitative estimate of drug-likeness (QED) is 0.734. The predicted molar refractivity (Wildman–Crippen MR) is 54.0 cm³/mol. The first-order valence-electron chi connectivity index (χ1n) is 5.06. The highest BCUT2D eigenvalue weighted by molar-refractivity contribution is 5.90. The maximum Gasteiger partial charge on any atom is 0.168 e. The van der Waals surface area contributed by atoms with Crippen LogP contribution in [0.1, 0.15) is 30.7 Å². The molecule has 0 aliphatic heterocycles. The van der Waals surface area contributed by atoms with E-state index in [2.05, 4.69) is 0 Å². The van der Waals surface area contributed by atoms with Crippen LogP contribution in [0.3, 0.4) is 0 Å². The van der Waals surface area contributed by atoms with Gasteiger partial charge in [0.15, 0.2) is 5.78 Å². The van der Waals surface area contributed by atoms with Crippen molar-refractivity contribution in [3.05, 3.63) is 35.9 Å². The molecule has 14 heavy (non-hydrogen) atoms. The number of aliphatic hydroxyl groups is 1. The summed E-state index contributed by atoms with van der Waals surface area (Å²) in [6.45, 7) is 0. The van der Waals surface area contributed by atoms with E-state index in [1.54, 1.807) is 0 Å². The number of hydrogen-bond acceptors (Lipinski definition) is 2. The summed E-state index contributed by atoms with van der Waals surface area (Å²) in [4.78, 5) is 11.7. The van der Waals surface area contributed by atoms with Crippen molar-refractivity contribution in [2.24, 2.45) is 0 Å². The highest BCUT2D eigenvalue weighted by Gasteiger charge is 2.30.